The second kappa shape index (κ2) is 9.81. The molecular formula is C23H25Cl2N3O3. The van der Waals surface area contributed by atoms with E-state index in [1.807, 2.05) is 38.1 Å². The van der Waals surface area contributed by atoms with Crippen LogP contribution >= 0.6 is 23.2 Å². The fourth-order valence-corrected chi connectivity index (χ4v) is 3.74. The summed E-state index contributed by atoms with van der Waals surface area (Å²) in [6.45, 7) is 6.34. The molecule has 0 aliphatic rings. The van der Waals surface area contributed by atoms with Gasteiger partial charge in [0, 0.05) is 13.7 Å². The van der Waals surface area contributed by atoms with Crippen molar-refractivity contribution in [1.29, 1.82) is 0 Å². The van der Waals surface area contributed by atoms with E-state index in [-0.39, 0.29) is 18.7 Å². The third kappa shape index (κ3) is 4.76. The van der Waals surface area contributed by atoms with Gasteiger partial charge in [-0.05, 0) is 56.2 Å². The number of ether oxygens (including phenoxy) is 1. The maximum atomic E-state index is 13.5. The summed E-state index contributed by atoms with van der Waals surface area (Å²) in [5.41, 5.74) is 3.19. The zero-order valence-corrected chi connectivity index (χ0v) is 19.4. The van der Waals surface area contributed by atoms with E-state index < -0.39 is 16.8 Å². The quantitative estimate of drug-likeness (QED) is 0.490. The average molecular weight is 462 g/mol. The van der Waals surface area contributed by atoms with Crippen LogP contribution in [0.25, 0.3) is 16.6 Å². The van der Waals surface area contributed by atoms with E-state index in [4.69, 9.17) is 32.9 Å². The standard InChI is InChI=1S/C23H25Cl2N3O3/c1-14-9-10-17(13-15(14)2)28-21(26-19-8-6-5-7-18(19)22(28)29)16(3)27(11-12-31-4)23(30)20(24)25/h5-10,13,16,20H,11-12H2,1-4H3. The molecule has 0 saturated heterocycles. The number of benzene rings is 2. The second-order valence-corrected chi connectivity index (χ2v) is 8.49. The van der Waals surface area contributed by atoms with Crippen molar-refractivity contribution >= 4 is 40.0 Å². The summed E-state index contributed by atoms with van der Waals surface area (Å²) in [6, 6.07) is 12.4. The van der Waals surface area contributed by atoms with Crippen molar-refractivity contribution in [3.8, 4) is 5.69 Å². The zero-order valence-electron chi connectivity index (χ0n) is 17.9. The molecule has 0 N–H and O–H groups in total. The average Bonchev–Trinajstić information content (AvgIpc) is 2.75. The normalized spacial score (nSPS) is 12.4. The number of halogens is 2. The molecule has 164 valence electrons. The minimum absolute atomic E-state index is 0.205. The number of methoxy groups -OCH3 is 1. The molecule has 3 aromatic rings. The predicted molar refractivity (Wildman–Crippen MR) is 124 cm³/mol. The highest BCUT2D eigenvalue weighted by Crippen LogP contribution is 2.25. The Balaban J connectivity index is 2.27. The Labute approximate surface area is 191 Å². The molecule has 0 saturated carbocycles. The number of carbonyl (C=O) groups excluding carboxylic acids is 1. The van der Waals surface area contributed by atoms with Gasteiger partial charge in [0.1, 0.15) is 5.82 Å². The predicted octanol–water partition coefficient (Wildman–Crippen LogP) is 4.34. The number of aryl methyl sites for hydroxylation is 2. The zero-order chi connectivity index (χ0) is 22.7. The van der Waals surface area contributed by atoms with E-state index in [9.17, 15) is 9.59 Å². The molecule has 3 rings (SSSR count). The summed E-state index contributed by atoms with van der Waals surface area (Å²) in [5.74, 6) is -0.0488. The number of amides is 1. The molecule has 1 unspecified atom stereocenters. The third-order valence-corrected chi connectivity index (χ3v) is 5.77. The fraction of sp³-hybridized carbons (Fsp3) is 0.348. The Hall–Kier alpha value is -2.41. The number of carbonyl (C=O) groups is 1. The van der Waals surface area contributed by atoms with E-state index in [0.29, 0.717) is 22.4 Å². The van der Waals surface area contributed by atoms with Gasteiger partial charge in [-0.1, -0.05) is 41.4 Å². The van der Waals surface area contributed by atoms with Crippen LogP contribution in [-0.4, -0.2) is 45.5 Å². The number of aromatic nitrogens is 2. The largest absolute Gasteiger partial charge is 0.383 e. The van der Waals surface area contributed by atoms with Crippen LogP contribution in [0, 0.1) is 13.8 Å². The number of fused-ring (bicyclic) bond motifs is 1. The van der Waals surface area contributed by atoms with Crippen molar-refractivity contribution in [1.82, 2.24) is 14.5 Å². The first-order valence-corrected chi connectivity index (χ1v) is 10.8. The lowest BCUT2D eigenvalue weighted by Crippen LogP contribution is -2.41. The molecule has 6 nitrogen and oxygen atoms in total. The molecule has 1 heterocycles. The first kappa shape index (κ1) is 23.3. The van der Waals surface area contributed by atoms with Gasteiger partial charge < -0.3 is 9.64 Å². The summed E-state index contributed by atoms with van der Waals surface area (Å²) in [7, 11) is 1.55. The summed E-state index contributed by atoms with van der Waals surface area (Å²) >= 11 is 11.8. The number of para-hydroxylation sites is 1. The Morgan fingerprint density at radius 3 is 2.52 bits per heavy atom. The van der Waals surface area contributed by atoms with Crippen molar-refractivity contribution in [2.45, 2.75) is 31.6 Å². The monoisotopic (exact) mass is 461 g/mol. The van der Waals surface area contributed by atoms with E-state index in [1.165, 1.54) is 4.90 Å². The molecule has 0 spiro atoms. The van der Waals surface area contributed by atoms with Gasteiger partial charge in [-0.2, -0.15) is 0 Å². The maximum absolute atomic E-state index is 13.5. The number of hydrogen-bond acceptors (Lipinski definition) is 4. The Morgan fingerprint density at radius 1 is 1.16 bits per heavy atom. The van der Waals surface area contributed by atoms with Crippen molar-refractivity contribution in [3.05, 3.63) is 69.8 Å². The molecule has 31 heavy (non-hydrogen) atoms. The molecule has 0 aliphatic heterocycles. The van der Waals surface area contributed by atoms with Crippen molar-refractivity contribution in [2.75, 3.05) is 20.3 Å². The first-order chi connectivity index (χ1) is 14.8. The summed E-state index contributed by atoms with van der Waals surface area (Å²) in [4.78, 5) is 31.3. The molecule has 1 aromatic heterocycles. The van der Waals surface area contributed by atoms with Gasteiger partial charge in [-0.15, -0.1) is 0 Å². The molecule has 0 fully saturated rings. The summed E-state index contributed by atoms with van der Waals surface area (Å²) in [6.07, 6.45) is 0. The first-order valence-electron chi connectivity index (χ1n) is 9.93. The number of rotatable bonds is 7. The number of nitrogens with zero attached hydrogens (tertiary/aromatic N) is 3. The van der Waals surface area contributed by atoms with Gasteiger partial charge in [0.2, 0.25) is 0 Å². The Kier molecular flexibility index (Phi) is 7.36. The molecule has 2 aromatic carbocycles. The van der Waals surface area contributed by atoms with Crippen LogP contribution in [0.5, 0.6) is 0 Å². The van der Waals surface area contributed by atoms with Crippen LogP contribution in [0.15, 0.2) is 47.3 Å². The van der Waals surface area contributed by atoms with Gasteiger partial charge in [0.15, 0.2) is 4.84 Å². The van der Waals surface area contributed by atoms with E-state index >= 15 is 0 Å². The van der Waals surface area contributed by atoms with Crippen LogP contribution in [-0.2, 0) is 9.53 Å². The summed E-state index contributed by atoms with van der Waals surface area (Å²) < 4.78 is 6.72. The molecule has 0 aliphatic carbocycles. The van der Waals surface area contributed by atoms with Crippen molar-refractivity contribution in [3.63, 3.8) is 0 Å². The minimum Gasteiger partial charge on any atom is -0.383 e. The lowest BCUT2D eigenvalue weighted by Gasteiger charge is -2.30. The molecular weight excluding hydrogens is 437 g/mol. The molecule has 1 atom stereocenters. The fourth-order valence-electron chi connectivity index (χ4n) is 3.49. The second-order valence-electron chi connectivity index (χ2n) is 7.40. The minimum atomic E-state index is -1.23. The highest BCUT2D eigenvalue weighted by Gasteiger charge is 2.29. The number of hydrogen-bond donors (Lipinski definition) is 0. The Morgan fingerprint density at radius 2 is 1.87 bits per heavy atom. The number of alkyl halides is 2. The van der Waals surface area contributed by atoms with Crippen LogP contribution < -0.4 is 5.56 Å². The maximum Gasteiger partial charge on any atom is 0.266 e. The van der Waals surface area contributed by atoms with E-state index in [2.05, 4.69) is 0 Å². The smallest absolute Gasteiger partial charge is 0.266 e. The highest BCUT2D eigenvalue weighted by molar-refractivity contribution is 6.53. The lowest BCUT2D eigenvalue weighted by atomic mass is 10.1. The van der Waals surface area contributed by atoms with E-state index in [1.54, 1.807) is 36.8 Å². The molecule has 1 amide bonds. The Bertz CT molecular complexity index is 1160. The van der Waals surface area contributed by atoms with Crippen LogP contribution in [0.2, 0.25) is 0 Å². The van der Waals surface area contributed by atoms with Crippen LogP contribution in [0.3, 0.4) is 0 Å². The summed E-state index contributed by atoms with van der Waals surface area (Å²) in [5, 5.41) is 0.499. The van der Waals surface area contributed by atoms with Gasteiger partial charge in [-0.25, -0.2) is 4.98 Å². The van der Waals surface area contributed by atoms with Crippen LogP contribution in [0.1, 0.15) is 29.9 Å². The van der Waals surface area contributed by atoms with E-state index in [0.717, 1.165) is 11.1 Å². The molecule has 0 bridgehead atoms. The van der Waals surface area contributed by atoms with Crippen molar-refractivity contribution < 1.29 is 9.53 Å². The van der Waals surface area contributed by atoms with Gasteiger partial charge in [-0.3, -0.25) is 14.2 Å². The van der Waals surface area contributed by atoms with Gasteiger partial charge in [0.25, 0.3) is 11.5 Å². The molecule has 8 heteroatoms. The highest BCUT2D eigenvalue weighted by atomic mass is 35.5. The van der Waals surface area contributed by atoms with Crippen molar-refractivity contribution in [2.24, 2.45) is 0 Å². The topological polar surface area (TPSA) is 64.4 Å². The molecule has 0 radical (unpaired) electrons. The van der Waals surface area contributed by atoms with Gasteiger partial charge >= 0.3 is 0 Å². The SMILES string of the molecule is COCCN(C(=O)C(Cl)Cl)C(C)c1nc2ccccc2c(=O)n1-c1ccc(C)c(C)c1. The van der Waals surface area contributed by atoms with Gasteiger partial charge in [0.05, 0.1) is 29.2 Å². The lowest BCUT2D eigenvalue weighted by molar-refractivity contribution is -0.132. The third-order valence-electron chi connectivity index (χ3n) is 5.40. The van der Waals surface area contributed by atoms with Crippen LogP contribution in [0.4, 0.5) is 0 Å².